The van der Waals surface area contributed by atoms with E-state index in [1.54, 1.807) is 0 Å². The third kappa shape index (κ3) is 2.46. The molecule has 0 saturated heterocycles. The normalized spacial score (nSPS) is 14.3. The molecule has 0 aliphatic carbocycles. The molecule has 0 aromatic heterocycles. The first-order chi connectivity index (χ1) is 9.28. The molecule has 0 spiro atoms. The maximum Gasteiger partial charge on any atom is 0.0696 e. The second-order valence-corrected chi connectivity index (χ2v) is 5.28. The maximum absolute atomic E-state index is 9.15. The summed E-state index contributed by atoms with van der Waals surface area (Å²) in [6.07, 6.45) is 1.07. The van der Waals surface area contributed by atoms with E-state index in [0.717, 1.165) is 30.8 Å². The molecule has 2 aromatic carbocycles. The number of aliphatic hydroxyl groups is 1. The largest absolute Gasteiger partial charge is 0.392 e. The first-order valence-corrected chi connectivity index (χ1v) is 6.87. The van der Waals surface area contributed by atoms with Gasteiger partial charge in [-0.15, -0.1) is 0 Å². The topological polar surface area (TPSA) is 23.5 Å². The summed E-state index contributed by atoms with van der Waals surface area (Å²) < 4.78 is 0. The van der Waals surface area contributed by atoms with Gasteiger partial charge in [0.2, 0.25) is 0 Å². The number of hydrogen-bond donors (Lipinski definition) is 1. The molecule has 0 fully saturated rings. The van der Waals surface area contributed by atoms with Crippen molar-refractivity contribution in [2.24, 2.45) is 0 Å². The van der Waals surface area contributed by atoms with Crippen molar-refractivity contribution in [3.05, 3.63) is 64.2 Å². The molecule has 1 heterocycles. The van der Waals surface area contributed by atoms with Crippen LogP contribution < -0.4 is 4.90 Å². The van der Waals surface area contributed by atoms with E-state index < -0.39 is 0 Å². The average Bonchev–Trinajstić information content (AvgIpc) is 2.46. The second-order valence-electron chi connectivity index (χ2n) is 4.87. The van der Waals surface area contributed by atoms with Gasteiger partial charge in [0.15, 0.2) is 0 Å². The number of halogens is 1. The minimum absolute atomic E-state index is 0.0120. The Morgan fingerprint density at radius 1 is 1.11 bits per heavy atom. The SMILES string of the molecule is OCc1ccc(N2CCc3ccccc3C2)cc1Cl. The first-order valence-electron chi connectivity index (χ1n) is 6.49. The van der Waals surface area contributed by atoms with Crippen LogP contribution in [0.4, 0.5) is 5.69 Å². The highest BCUT2D eigenvalue weighted by molar-refractivity contribution is 6.31. The maximum atomic E-state index is 9.15. The van der Waals surface area contributed by atoms with Crippen LogP contribution in [-0.4, -0.2) is 11.7 Å². The van der Waals surface area contributed by atoms with Gasteiger partial charge in [-0.25, -0.2) is 0 Å². The van der Waals surface area contributed by atoms with E-state index in [0.29, 0.717) is 5.02 Å². The van der Waals surface area contributed by atoms with Crippen molar-refractivity contribution in [3.8, 4) is 0 Å². The van der Waals surface area contributed by atoms with Crippen molar-refractivity contribution in [2.75, 3.05) is 11.4 Å². The highest BCUT2D eigenvalue weighted by Crippen LogP contribution is 2.28. The van der Waals surface area contributed by atoms with Gasteiger partial charge in [0, 0.05) is 23.8 Å². The van der Waals surface area contributed by atoms with Crippen molar-refractivity contribution < 1.29 is 5.11 Å². The Balaban J connectivity index is 1.87. The lowest BCUT2D eigenvalue weighted by atomic mass is 9.99. The molecule has 0 bridgehead atoms. The first kappa shape index (κ1) is 12.5. The van der Waals surface area contributed by atoms with E-state index in [2.05, 4.69) is 29.2 Å². The molecule has 0 atom stereocenters. The van der Waals surface area contributed by atoms with Gasteiger partial charge in [0.05, 0.1) is 6.61 Å². The van der Waals surface area contributed by atoms with Crippen molar-refractivity contribution in [2.45, 2.75) is 19.6 Å². The van der Waals surface area contributed by atoms with Gasteiger partial charge < -0.3 is 10.0 Å². The number of nitrogens with zero attached hydrogens (tertiary/aromatic N) is 1. The van der Waals surface area contributed by atoms with E-state index in [1.807, 2.05) is 18.2 Å². The number of hydrogen-bond acceptors (Lipinski definition) is 2. The number of fused-ring (bicyclic) bond motifs is 1. The summed E-state index contributed by atoms with van der Waals surface area (Å²) in [6.45, 7) is 1.92. The second kappa shape index (κ2) is 5.24. The van der Waals surface area contributed by atoms with Crippen LogP contribution in [0.3, 0.4) is 0 Å². The van der Waals surface area contributed by atoms with Crippen LogP contribution in [-0.2, 0) is 19.6 Å². The van der Waals surface area contributed by atoms with E-state index >= 15 is 0 Å². The van der Waals surface area contributed by atoms with Crippen LogP contribution in [0.5, 0.6) is 0 Å². The molecular weight excluding hydrogens is 258 g/mol. The molecule has 2 nitrogen and oxygen atoms in total. The van der Waals surface area contributed by atoms with Crippen LogP contribution >= 0.6 is 11.6 Å². The fourth-order valence-corrected chi connectivity index (χ4v) is 2.81. The smallest absolute Gasteiger partial charge is 0.0696 e. The Labute approximate surface area is 118 Å². The van der Waals surface area contributed by atoms with Gasteiger partial charge in [-0.3, -0.25) is 0 Å². The zero-order valence-corrected chi connectivity index (χ0v) is 11.4. The summed E-state index contributed by atoms with van der Waals surface area (Å²) in [6, 6.07) is 14.5. The fourth-order valence-electron chi connectivity index (χ4n) is 2.58. The van der Waals surface area contributed by atoms with Gasteiger partial charge >= 0.3 is 0 Å². The van der Waals surface area contributed by atoms with Crippen molar-refractivity contribution in [3.63, 3.8) is 0 Å². The summed E-state index contributed by atoms with van der Waals surface area (Å²) in [5.41, 5.74) is 4.73. The zero-order chi connectivity index (χ0) is 13.2. The standard InChI is InChI=1S/C16H16ClNO/c17-16-9-15(6-5-14(16)11-19)18-8-7-12-3-1-2-4-13(12)10-18/h1-6,9,19H,7-8,10-11H2. The summed E-state index contributed by atoms with van der Waals surface area (Å²) in [5.74, 6) is 0. The Hall–Kier alpha value is -1.51. The van der Waals surface area contributed by atoms with Crippen LogP contribution in [0.15, 0.2) is 42.5 Å². The molecule has 19 heavy (non-hydrogen) atoms. The van der Waals surface area contributed by atoms with Crippen LogP contribution in [0.2, 0.25) is 5.02 Å². The molecule has 0 amide bonds. The number of anilines is 1. The molecule has 1 aliphatic rings. The summed E-state index contributed by atoms with van der Waals surface area (Å²) in [4.78, 5) is 2.33. The van der Waals surface area contributed by atoms with E-state index in [1.165, 1.54) is 11.1 Å². The molecule has 2 aromatic rings. The van der Waals surface area contributed by atoms with Gasteiger partial charge in [-0.05, 0) is 35.2 Å². The lowest BCUT2D eigenvalue weighted by Crippen LogP contribution is -2.30. The number of rotatable bonds is 2. The average molecular weight is 274 g/mol. The van der Waals surface area contributed by atoms with E-state index in [9.17, 15) is 0 Å². The Morgan fingerprint density at radius 3 is 2.63 bits per heavy atom. The van der Waals surface area contributed by atoms with Crippen molar-refractivity contribution in [1.29, 1.82) is 0 Å². The Morgan fingerprint density at radius 2 is 1.89 bits per heavy atom. The molecule has 3 heteroatoms. The minimum Gasteiger partial charge on any atom is -0.392 e. The van der Waals surface area contributed by atoms with E-state index in [4.69, 9.17) is 16.7 Å². The van der Waals surface area contributed by atoms with E-state index in [-0.39, 0.29) is 6.61 Å². The lowest BCUT2D eigenvalue weighted by molar-refractivity contribution is 0.282. The lowest BCUT2D eigenvalue weighted by Gasteiger charge is -2.31. The van der Waals surface area contributed by atoms with Crippen molar-refractivity contribution >= 4 is 17.3 Å². The molecular formula is C16H16ClNO. The van der Waals surface area contributed by atoms with Crippen molar-refractivity contribution in [1.82, 2.24) is 0 Å². The summed E-state index contributed by atoms with van der Waals surface area (Å²) in [5, 5.41) is 9.79. The number of aliphatic hydroxyl groups excluding tert-OH is 1. The third-order valence-electron chi connectivity index (χ3n) is 3.70. The predicted molar refractivity (Wildman–Crippen MR) is 78.6 cm³/mol. The predicted octanol–water partition coefficient (Wildman–Crippen LogP) is 3.40. The van der Waals surface area contributed by atoms with Crippen LogP contribution in [0.25, 0.3) is 0 Å². The summed E-state index contributed by atoms with van der Waals surface area (Å²) in [7, 11) is 0. The molecule has 0 saturated carbocycles. The Bertz CT molecular complexity index is 597. The fraction of sp³-hybridized carbons (Fsp3) is 0.250. The van der Waals surface area contributed by atoms with Gasteiger partial charge in [0.1, 0.15) is 0 Å². The molecule has 3 rings (SSSR count). The highest BCUT2D eigenvalue weighted by atomic mass is 35.5. The third-order valence-corrected chi connectivity index (χ3v) is 4.05. The van der Waals surface area contributed by atoms with Gasteiger partial charge in [-0.2, -0.15) is 0 Å². The van der Waals surface area contributed by atoms with Gasteiger partial charge in [0.25, 0.3) is 0 Å². The molecule has 0 radical (unpaired) electrons. The van der Waals surface area contributed by atoms with Crippen LogP contribution in [0, 0.1) is 0 Å². The number of benzene rings is 2. The minimum atomic E-state index is -0.0120. The molecule has 98 valence electrons. The zero-order valence-electron chi connectivity index (χ0n) is 10.6. The molecule has 1 aliphatic heterocycles. The highest BCUT2D eigenvalue weighted by Gasteiger charge is 2.16. The Kier molecular flexibility index (Phi) is 3.45. The summed E-state index contributed by atoms with van der Waals surface area (Å²) >= 11 is 6.16. The monoisotopic (exact) mass is 273 g/mol. The van der Waals surface area contributed by atoms with Crippen LogP contribution in [0.1, 0.15) is 16.7 Å². The quantitative estimate of drug-likeness (QED) is 0.907. The molecule has 1 N–H and O–H groups in total. The molecule has 0 unspecified atom stereocenters. The van der Waals surface area contributed by atoms with Gasteiger partial charge in [-0.1, -0.05) is 41.9 Å².